The zero-order valence-electron chi connectivity index (χ0n) is 13.6. The number of rotatable bonds is 10. The molecule has 1 aromatic heterocycles. The maximum Gasteiger partial charge on any atom is 0.231 e. The highest BCUT2D eigenvalue weighted by atomic mass is 16.3. The molecular formula is C14H28N6O. The van der Waals surface area contributed by atoms with E-state index in [4.69, 9.17) is 5.11 Å². The van der Waals surface area contributed by atoms with Crippen LogP contribution < -0.4 is 15.5 Å². The first kappa shape index (κ1) is 17.4. The van der Waals surface area contributed by atoms with Crippen molar-refractivity contribution in [2.75, 3.05) is 49.3 Å². The molecule has 0 aromatic carbocycles. The first-order chi connectivity index (χ1) is 10.1. The standard InChI is InChI=1S/C14H28N6O/c1-5-8-15-12-17-13(19-14(18-12)20(3)4)16-9-6-7-11(2)10-21/h11,21H,5-10H2,1-4H3,(H2,15,16,17,18,19). The van der Waals surface area contributed by atoms with Crippen molar-refractivity contribution in [3.05, 3.63) is 0 Å². The maximum atomic E-state index is 9.00. The van der Waals surface area contributed by atoms with Crippen molar-refractivity contribution in [3.8, 4) is 0 Å². The van der Waals surface area contributed by atoms with Gasteiger partial charge in [-0.2, -0.15) is 15.0 Å². The van der Waals surface area contributed by atoms with Gasteiger partial charge in [-0.1, -0.05) is 13.8 Å². The Balaban J connectivity index is 2.60. The lowest BCUT2D eigenvalue weighted by Crippen LogP contribution is -2.18. The first-order valence-corrected chi connectivity index (χ1v) is 7.58. The summed E-state index contributed by atoms with van der Waals surface area (Å²) in [5, 5.41) is 15.4. The van der Waals surface area contributed by atoms with Crippen LogP contribution >= 0.6 is 0 Å². The minimum absolute atomic E-state index is 0.238. The fourth-order valence-electron chi connectivity index (χ4n) is 1.70. The van der Waals surface area contributed by atoms with E-state index in [2.05, 4.69) is 32.5 Å². The van der Waals surface area contributed by atoms with Gasteiger partial charge in [0.15, 0.2) is 0 Å². The van der Waals surface area contributed by atoms with E-state index in [-0.39, 0.29) is 6.61 Å². The monoisotopic (exact) mass is 296 g/mol. The van der Waals surface area contributed by atoms with Crippen LogP contribution in [0.3, 0.4) is 0 Å². The van der Waals surface area contributed by atoms with Crippen LogP contribution in [0.2, 0.25) is 0 Å². The second kappa shape index (κ2) is 9.33. The van der Waals surface area contributed by atoms with Crippen molar-refractivity contribution >= 4 is 17.8 Å². The topological polar surface area (TPSA) is 86.2 Å². The highest BCUT2D eigenvalue weighted by molar-refractivity contribution is 5.42. The minimum Gasteiger partial charge on any atom is -0.396 e. The molecule has 0 aliphatic carbocycles. The second-order valence-corrected chi connectivity index (χ2v) is 5.46. The Bertz CT molecular complexity index is 412. The van der Waals surface area contributed by atoms with E-state index in [1.165, 1.54) is 0 Å². The number of aromatic nitrogens is 3. The lowest BCUT2D eigenvalue weighted by Gasteiger charge is -2.14. The number of aliphatic hydroxyl groups excluding tert-OH is 1. The Morgan fingerprint density at radius 3 is 2.24 bits per heavy atom. The SMILES string of the molecule is CCCNc1nc(NCCCC(C)CO)nc(N(C)C)n1. The zero-order chi connectivity index (χ0) is 15.7. The molecule has 0 saturated heterocycles. The molecule has 1 unspecified atom stereocenters. The van der Waals surface area contributed by atoms with Crippen LogP contribution in [0.4, 0.5) is 17.8 Å². The summed E-state index contributed by atoms with van der Waals surface area (Å²) >= 11 is 0. The normalized spacial score (nSPS) is 12.0. The molecule has 0 fully saturated rings. The highest BCUT2D eigenvalue weighted by Crippen LogP contribution is 2.12. The van der Waals surface area contributed by atoms with Crippen LogP contribution in [0.25, 0.3) is 0 Å². The molecule has 120 valence electrons. The van der Waals surface area contributed by atoms with E-state index in [9.17, 15) is 0 Å². The first-order valence-electron chi connectivity index (χ1n) is 7.58. The van der Waals surface area contributed by atoms with Gasteiger partial charge >= 0.3 is 0 Å². The van der Waals surface area contributed by atoms with Crippen molar-refractivity contribution in [2.45, 2.75) is 33.1 Å². The molecule has 1 aromatic rings. The molecule has 0 spiro atoms. The summed E-state index contributed by atoms with van der Waals surface area (Å²) in [6.45, 7) is 6.00. The Hall–Kier alpha value is -1.63. The largest absolute Gasteiger partial charge is 0.396 e. The van der Waals surface area contributed by atoms with Crippen molar-refractivity contribution in [3.63, 3.8) is 0 Å². The van der Waals surface area contributed by atoms with Gasteiger partial charge in [0.25, 0.3) is 0 Å². The van der Waals surface area contributed by atoms with Gasteiger partial charge in [0, 0.05) is 33.8 Å². The third-order valence-electron chi connectivity index (χ3n) is 3.03. The number of nitrogens with zero attached hydrogens (tertiary/aromatic N) is 4. The van der Waals surface area contributed by atoms with E-state index in [1.54, 1.807) is 0 Å². The Morgan fingerprint density at radius 1 is 1.10 bits per heavy atom. The highest BCUT2D eigenvalue weighted by Gasteiger charge is 2.07. The summed E-state index contributed by atoms with van der Waals surface area (Å²) < 4.78 is 0. The van der Waals surface area contributed by atoms with Gasteiger partial charge in [-0.3, -0.25) is 0 Å². The van der Waals surface area contributed by atoms with Crippen LogP contribution in [-0.4, -0.2) is 53.9 Å². The number of nitrogens with one attached hydrogen (secondary N) is 2. The van der Waals surface area contributed by atoms with Gasteiger partial charge in [0.05, 0.1) is 0 Å². The fourth-order valence-corrected chi connectivity index (χ4v) is 1.70. The second-order valence-electron chi connectivity index (χ2n) is 5.46. The van der Waals surface area contributed by atoms with Crippen LogP contribution in [0.15, 0.2) is 0 Å². The molecule has 0 aliphatic rings. The quantitative estimate of drug-likeness (QED) is 0.565. The maximum absolute atomic E-state index is 9.00. The molecule has 0 radical (unpaired) electrons. The van der Waals surface area contributed by atoms with Gasteiger partial charge in [-0.05, 0) is 25.2 Å². The van der Waals surface area contributed by atoms with Crippen LogP contribution in [0, 0.1) is 5.92 Å². The van der Waals surface area contributed by atoms with E-state index in [0.29, 0.717) is 23.8 Å². The molecule has 21 heavy (non-hydrogen) atoms. The van der Waals surface area contributed by atoms with Crippen LogP contribution in [0.5, 0.6) is 0 Å². The molecule has 7 heteroatoms. The van der Waals surface area contributed by atoms with Crippen molar-refractivity contribution in [1.29, 1.82) is 0 Å². The summed E-state index contributed by atoms with van der Waals surface area (Å²) in [6, 6.07) is 0. The van der Waals surface area contributed by atoms with E-state index >= 15 is 0 Å². The minimum atomic E-state index is 0.238. The van der Waals surface area contributed by atoms with Gasteiger partial charge in [-0.15, -0.1) is 0 Å². The zero-order valence-corrected chi connectivity index (χ0v) is 13.6. The molecule has 0 amide bonds. The van der Waals surface area contributed by atoms with Gasteiger partial charge in [0.1, 0.15) is 0 Å². The third-order valence-corrected chi connectivity index (χ3v) is 3.03. The summed E-state index contributed by atoms with van der Waals surface area (Å²) in [6.07, 6.45) is 2.98. The van der Waals surface area contributed by atoms with Gasteiger partial charge in [0.2, 0.25) is 17.8 Å². The average molecular weight is 296 g/mol. The molecule has 0 bridgehead atoms. The smallest absolute Gasteiger partial charge is 0.231 e. The Kier molecular flexibility index (Phi) is 7.74. The van der Waals surface area contributed by atoms with Crippen molar-refractivity contribution in [1.82, 2.24) is 15.0 Å². The van der Waals surface area contributed by atoms with Gasteiger partial charge < -0.3 is 20.6 Å². The van der Waals surface area contributed by atoms with E-state index < -0.39 is 0 Å². The van der Waals surface area contributed by atoms with E-state index in [1.807, 2.05) is 25.9 Å². The predicted molar refractivity (Wildman–Crippen MR) is 86.9 cm³/mol. The van der Waals surface area contributed by atoms with Crippen LogP contribution in [-0.2, 0) is 0 Å². The third kappa shape index (κ3) is 6.57. The summed E-state index contributed by atoms with van der Waals surface area (Å²) in [4.78, 5) is 15.0. The molecular weight excluding hydrogens is 268 g/mol. The number of anilines is 3. The molecule has 1 heterocycles. The lowest BCUT2D eigenvalue weighted by atomic mass is 10.1. The summed E-state index contributed by atoms with van der Waals surface area (Å²) in [7, 11) is 3.82. The fraction of sp³-hybridized carbons (Fsp3) is 0.786. The number of hydrogen-bond acceptors (Lipinski definition) is 7. The lowest BCUT2D eigenvalue weighted by molar-refractivity contribution is 0.229. The van der Waals surface area contributed by atoms with E-state index in [0.717, 1.165) is 32.4 Å². The molecule has 0 aliphatic heterocycles. The van der Waals surface area contributed by atoms with Crippen molar-refractivity contribution < 1.29 is 5.11 Å². The molecule has 7 nitrogen and oxygen atoms in total. The predicted octanol–water partition coefficient (Wildman–Crippen LogP) is 1.58. The summed E-state index contributed by atoms with van der Waals surface area (Å²) in [5.41, 5.74) is 0. The molecule has 1 rings (SSSR count). The Labute approximate surface area is 127 Å². The Morgan fingerprint density at radius 2 is 1.71 bits per heavy atom. The number of aliphatic hydroxyl groups is 1. The number of hydrogen-bond donors (Lipinski definition) is 3. The van der Waals surface area contributed by atoms with Crippen LogP contribution in [0.1, 0.15) is 33.1 Å². The average Bonchev–Trinajstić information content (AvgIpc) is 2.49. The molecule has 3 N–H and O–H groups in total. The van der Waals surface area contributed by atoms with Crippen molar-refractivity contribution in [2.24, 2.45) is 5.92 Å². The van der Waals surface area contributed by atoms with Gasteiger partial charge in [-0.25, -0.2) is 0 Å². The summed E-state index contributed by atoms with van der Waals surface area (Å²) in [5.74, 6) is 2.16. The molecule has 0 saturated carbocycles. The molecule has 1 atom stereocenters.